The lowest BCUT2D eigenvalue weighted by Gasteiger charge is -2.33. The van der Waals surface area contributed by atoms with Crippen LogP contribution in [0.2, 0.25) is 0 Å². The molecule has 0 bridgehead atoms. The number of carboxylic acids is 1. The van der Waals surface area contributed by atoms with E-state index in [1.54, 1.807) is 16.7 Å². The van der Waals surface area contributed by atoms with Crippen LogP contribution in [0.1, 0.15) is 52.4 Å². The van der Waals surface area contributed by atoms with Gasteiger partial charge in [0.25, 0.3) is 0 Å². The summed E-state index contributed by atoms with van der Waals surface area (Å²) in [6.07, 6.45) is 6.15. The second kappa shape index (κ2) is 6.83. The van der Waals surface area contributed by atoms with Gasteiger partial charge in [-0.25, -0.2) is 4.79 Å². The third kappa shape index (κ3) is 3.48. The summed E-state index contributed by atoms with van der Waals surface area (Å²) < 4.78 is 0. The zero-order chi connectivity index (χ0) is 14.7. The highest BCUT2D eigenvalue weighted by atomic mass is 32.2. The smallest absolute Gasteiger partial charge is 0.327 e. The standard InChI is InChI=1S/C15H25NO3S/c1-10(2)8-13-16(12(9-20-13)15(18)19)14(17)11-6-4-3-5-7-11/h10-13H,3-9H2,1-2H3,(H,18,19). The summed E-state index contributed by atoms with van der Waals surface area (Å²) in [6.45, 7) is 4.25. The minimum Gasteiger partial charge on any atom is -0.480 e. The molecule has 1 aliphatic carbocycles. The van der Waals surface area contributed by atoms with Crippen molar-refractivity contribution in [2.45, 2.75) is 63.8 Å². The molecule has 2 aliphatic rings. The maximum atomic E-state index is 12.8. The molecular weight excluding hydrogens is 274 g/mol. The summed E-state index contributed by atoms with van der Waals surface area (Å²) in [7, 11) is 0. The van der Waals surface area contributed by atoms with Crippen molar-refractivity contribution in [3.05, 3.63) is 0 Å². The number of thioether (sulfide) groups is 1. The molecule has 1 heterocycles. The molecule has 0 aromatic carbocycles. The molecule has 5 heteroatoms. The summed E-state index contributed by atoms with van der Waals surface area (Å²) >= 11 is 1.63. The lowest BCUT2D eigenvalue weighted by Crippen LogP contribution is -2.48. The summed E-state index contributed by atoms with van der Waals surface area (Å²) in [5.74, 6) is 0.298. The third-order valence-corrected chi connectivity index (χ3v) is 5.57. The molecule has 1 amide bonds. The fraction of sp³-hybridized carbons (Fsp3) is 0.867. The number of amides is 1. The van der Waals surface area contributed by atoms with E-state index in [-0.39, 0.29) is 17.2 Å². The maximum absolute atomic E-state index is 12.8. The van der Waals surface area contributed by atoms with Gasteiger partial charge in [0, 0.05) is 11.7 Å². The van der Waals surface area contributed by atoms with Crippen molar-refractivity contribution in [1.29, 1.82) is 0 Å². The van der Waals surface area contributed by atoms with Gasteiger partial charge in [-0.1, -0.05) is 33.1 Å². The van der Waals surface area contributed by atoms with Crippen LogP contribution < -0.4 is 0 Å². The highest BCUT2D eigenvalue weighted by Crippen LogP contribution is 2.36. The van der Waals surface area contributed by atoms with Crippen LogP contribution in [0.5, 0.6) is 0 Å². The topological polar surface area (TPSA) is 57.6 Å². The number of carbonyl (C=O) groups excluding carboxylic acids is 1. The number of nitrogens with zero attached hydrogens (tertiary/aromatic N) is 1. The van der Waals surface area contributed by atoms with Crippen molar-refractivity contribution in [2.24, 2.45) is 11.8 Å². The number of aliphatic carboxylic acids is 1. The van der Waals surface area contributed by atoms with Crippen molar-refractivity contribution in [3.8, 4) is 0 Å². The molecule has 1 saturated carbocycles. The summed E-state index contributed by atoms with van der Waals surface area (Å²) in [5.41, 5.74) is 0. The van der Waals surface area contributed by atoms with Crippen molar-refractivity contribution in [3.63, 3.8) is 0 Å². The van der Waals surface area contributed by atoms with E-state index in [0.717, 1.165) is 32.1 Å². The van der Waals surface area contributed by atoms with Crippen LogP contribution in [-0.2, 0) is 9.59 Å². The zero-order valence-corrected chi connectivity index (χ0v) is 13.2. The molecule has 2 atom stereocenters. The van der Waals surface area contributed by atoms with E-state index < -0.39 is 12.0 Å². The van der Waals surface area contributed by atoms with E-state index in [9.17, 15) is 14.7 Å². The Morgan fingerprint density at radius 2 is 1.90 bits per heavy atom. The summed E-state index contributed by atoms with van der Waals surface area (Å²) in [5, 5.41) is 9.42. The van der Waals surface area contributed by atoms with E-state index in [4.69, 9.17) is 0 Å². The molecule has 4 nitrogen and oxygen atoms in total. The van der Waals surface area contributed by atoms with Gasteiger partial charge >= 0.3 is 5.97 Å². The molecule has 0 radical (unpaired) electrons. The second-order valence-electron chi connectivity index (χ2n) is 6.35. The van der Waals surface area contributed by atoms with E-state index in [1.165, 1.54) is 6.42 Å². The molecule has 2 unspecified atom stereocenters. The van der Waals surface area contributed by atoms with Gasteiger partial charge in [-0.05, 0) is 25.2 Å². The molecule has 2 rings (SSSR count). The Balaban J connectivity index is 2.11. The number of carbonyl (C=O) groups is 2. The minimum atomic E-state index is -0.854. The molecule has 0 aromatic rings. The van der Waals surface area contributed by atoms with Crippen LogP contribution in [0.15, 0.2) is 0 Å². The Bertz CT molecular complexity index is 366. The molecule has 0 spiro atoms. The van der Waals surface area contributed by atoms with Gasteiger partial charge in [-0.2, -0.15) is 0 Å². The summed E-state index contributed by atoms with van der Waals surface area (Å²) in [6, 6.07) is -0.627. The van der Waals surface area contributed by atoms with Gasteiger partial charge in [-0.3, -0.25) is 4.79 Å². The first-order valence-electron chi connectivity index (χ1n) is 7.67. The van der Waals surface area contributed by atoms with E-state index in [0.29, 0.717) is 11.7 Å². The van der Waals surface area contributed by atoms with Crippen molar-refractivity contribution >= 4 is 23.6 Å². The monoisotopic (exact) mass is 299 g/mol. The maximum Gasteiger partial charge on any atom is 0.327 e. The first-order chi connectivity index (χ1) is 9.50. The van der Waals surface area contributed by atoms with E-state index >= 15 is 0 Å². The van der Waals surface area contributed by atoms with Gasteiger partial charge in [0.2, 0.25) is 5.91 Å². The van der Waals surface area contributed by atoms with Crippen LogP contribution in [0.3, 0.4) is 0 Å². The Morgan fingerprint density at radius 1 is 1.25 bits per heavy atom. The number of hydrogen-bond donors (Lipinski definition) is 1. The predicted molar refractivity (Wildman–Crippen MR) is 80.5 cm³/mol. The SMILES string of the molecule is CC(C)CC1SCC(C(=O)O)N1C(=O)C1CCCCC1. The highest BCUT2D eigenvalue weighted by molar-refractivity contribution is 8.00. The first-order valence-corrected chi connectivity index (χ1v) is 8.72. The van der Waals surface area contributed by atoms with Crippen LogP contribution in [0.4, 0.5) is 0 Å². The molecular formula is C15H25NO3S. The fourth-order valence-electron chi connectivity index (χ4n) is 3.19. The van der Waals surface area contributed by atoms with Crippen LogP contribution in [-0.4, -0.2) is 39.1 Å². The van der Waals surface area contributed by atoms with E-state index in [2.05, 4.69) is 13.8 Å². The molecule has 0 aromatic heterocycles. The molecule has 2 fully saturated rings. The molecule has 114 valence electrons. The largest absolute Gasteiger partial charge is 0.480 e. The van der Waals surface area contributed by atoms with Crippen LogP contribution >= 0.6 is 11.8 Å². The Morgan fingerprint density at radius 3 is 2.45 bits per heavy atom. The normalized spacial score (nSPS) is 28.1. The first kappa shape index (κ1) is 15.7. The Kier molecular flexibility index (Phi) is 5.35. The van der Waals surface area contributed by atoms with Gasteiger partial charge in [0.05, 0.1) is 5.37 Å². The molecule has 1 saturated heterocycles. The number of rotatable bonds is 4. The molecule has 1 aliphatic heterocycles. The lowest BCUT2D eigenvalue weighted by molar-refractivity contribution is -0.151. The molecule has 20 heavy (non-hydrogen) atoms. The van der Waals surface area contributed by atoms with Crippen molar-refractivity contribution in [2.75, 3.05) is 5.75 Å². The van der Waals surface area contributed by atoms with Gasteiger partial charge in [0.15, 0.2) is 0 Å². The minimum absolute atomic E-state index is 0.0468. The number of carboxylic acid groups (broad SMARTS) is 1. The van der Waals surface area contributed by atoms with Gasteiger partial charge in [0.1, 0.15) is 6.04 Å². The highest BCUT2D eigenvalue weighted by Gasteiger charge is 2.43. The fourth-order valence-corrected chi connectivity index (χ4v) is 4.83. The zero-order valence-electron chi connectivity index (χ0n) is 12.4. The quantitative estimate of drug-likeness (QED) is 0.867. The van der Waals surface area contributed by atoms with Crippen LogP contribution in [0, 0.1) is 11.8 Å². The van der Waals surface area contributed by atoms with Crippen LogP contribution in [0.25, 0.3) is 0 Å². The van der Waals surface area contributed by atoms with Gasteiger partial charge < -0.3 is 10.0 Å². The van der Waals surface area contributed by atoms with E-state index in [1.807, 2.05) is 0 Å². The Hall–Kier alpha value is -0.710. The van der Waals surface area contributed by atoms with Gasteiger partial charge in [-0.15, -0.1) is 11.8 Å². The average molecular weight is 299 g/mol. The van der Waals surface area contributed by atoms with Crippen molar-refractivity contribution in [1.82, 2.24) is 4.90 Å². The predicted octanol–water partition coefficient (Wildman–Crippen LogP) is 2.97. The summed E-state index contributed by atoms with van der Waals surface area (Å²) in [4.78, 5) is 25.9. The second-order valence-corrected chi connectivity index (χ2v) is 7.56. The number of hydrogen-bond acceptors (Lipinski definition) is 3. The van der Waals surface area contributed by atoms with Crippen molar-refractivity contribution < 1.29 is 14.7 Å². The Labute approximate surface area is 125 Å². The lowest BCUT2D eigenvalue weighted by atomic mass is 9.88. The third-order valence-electron chi connectivity index (χ3n) is 4.26. The molecule has 1 N–H and O–H groups in total. The average Bonchev–Trinajstić information content (AvgIpc) is 2.82.